The van der Waals surface area contributed by atoms with Gasteiger partial charge in [0.25, 0.3) is 0 Å². The number of rotatable bonds is 6. The largest absolute Gasteiger partial charge is 0.392 e. The molecule has 0 aromatic heterocycles. The van der Waals surface area contributed by atoms with Crippen molar-refractivity contribution in [2.24, 2.45) is 11.8 Å². The van der Waals surface area contributed by atoms with E-state index >= 15 is 0 Å². The lowest BCUT2D eigenvalue weighted by Gasteiger charge is -2.23. The van der Waals surface area contributed by atoms with Crippen molar-refractivity contribution < 1.29 is 5.11 Å². The monoisotopic (exact) mass is 239 g/mol. The van der Waals surface area contributed by atoms with Gasteiger partial charge in [-0.2, -0.15) is 0 Å². The highest BCUT2D eigenvalue weighted by molar-refractivity contribution is 4.79. The molecule has 100 valence electrons. The third kappa shape index (κ3) is 4.26. The van der Waals surface area contributed by atoms with Gasteiger partial charge in [-0.05, 0) is 38.0 Å². The topological polar surface area (TPSA) is 32.3 Å². The molecular weight excluding hydrogens is 210 g/mol. The maximum atomic E-state index is 10.0. The van der Waals surface area contributed by atoms with E-state index in [-0.39, 0.29) is 6.10 Å². The van der Waals surface area contributed by atoms with Crippen molar-refractivity contribution in [2.45, 2.75) is 76.9 Å². The number of hydrogen-bond acceptors (Lipinski definition) is 2. The molecule has 0 aliphatic heterocycles. The Kier molecular flexibility index (Phi) is 5.30. The molecule has 2 unspecified atom stereocenters. The smallest absolute Gasteiger partial charge is 0.0667 e. The van der Waals surface area contributed by atoms with E-state index in [1.165, 1.54) is 51.4 Å². The predicted octanol–water partition coefficient (Wildman–Crippen LogP) is 3.10. The molecule has 0 aromatic rings. The second kappa shape index (κ2) is 6.75. The summed E-state index contributed by atoms with van der Waals surface area (Å²) in [6.07, 6.45) is 11.9. The van der Waals surface area contributed by atoms with Crippen molar-refractivity contribution in [3.63, 3.8) is 0 Å². The van der Waals surface area contributed by atoms with E-state index in [0.29, 0.717) is 6.04 Å². The van der Waals surface area contributed by atoms with Gasteiger partial charge in [0.15, 0.2) is 0 Å². The van der Waals surface area contributed by atoms with Gasteiger partial charge in [-0.15, -0.1) is 0 Å². The number of aliphatic hydroxyl groups is 1. The van der Waals surface area contributed by atoms with Crippen molar-refractivity contribution in [3.05, 3.63) is 0 Å². The van der Waals surface area contributed by atoms with Gasteiger partial charge in [0.05, 0.1) is 6.10 Å². The van der Waals surface area contributed by atoms with Gasteiger partial charge in [0.1, 0.15) is 0 Å². The lowest BCUT2D eigenvalue weighted by Crippen LogP contribution is -2.38. The first-order chi connectivity index (χ1) is 8.25. The van der Waals surface area contributed by atoms with Crippen molar-refractivity contribution in [3.8, 4) is 0 Å². The van der Waals surface area contributed by atoms with Crippen LogP contribution < -0.4 is 5.32 Å². The van der Waals surface area contributed by atoms with E-state index in [9.17, 15) is 5.11 Å². The Balaban J connectivity index is 1.59. The van der Waals surface area contributed by atoms with E-state index < -0.39 is 0 Å². The molecule has 2 heteroatoms. The average Bonchev–Trinajstić information content (AvgIpc) is 2.97. The molecule has 0 spiro atoms. The lowest BCUT2D eigenvalue weighted by atomic mass is 9.98. The fourth-order valence-electron chi connectivity index (χ4n) is 3.66. The van der Waals surface area contributed by atoms with Crippen LogP contribution in [0.5, 0.6) is 0 Å². The second-order valence-corrected chi connectivity index (χ2v) is 6.28. The average molecular weight is 239 g/mol. The molecule has 2 rings (SSSR count). The Morgan fingerprint density at radius 3 is 2.29 bits per heavy atom. The molecule has 17 heavy (non-hydrogen) atoms. The summed E-state index contributed by atoms with van der Waals surface area (Å²) in [4.78, 5) is 0. The van der Waals surface area contributed by atoms with E-state index in [1.807, 2.05) is 0 Å². The van der Waals surface area contributed by atoms with Crippen molar-refractivity contribution >= 4 is 0 Å². The van der Waals surface area contributed by atoms with Crippen LogP contribution in [0.4, 0.5) is 0 Å². The van der Waals surface area contributed by atoms with E-state index in [4.69, 9.17) is 0 Å². The van der Waals surface area contributed by atoms with Gasteiger partial charge >= 0.3 is 0 Å². The minimum absolute atomic E-state index is 0.123. The lowest BCUT2D eigenvalue weighted by molar-refractivity contribution is 0.134. The Bertz CT molecular complexity index is 207. The van der Waals surface area contributed by atoms with Crippen LogP contribution in [0.1, 0.15) is 64.7 Å². The third-order valence-electron chi connectivity index (χ3n) is 4.86. The first kappa shape index (κ1) is 13.4. The molecule has 2 atom stereocenters. The van der Waals surface area contributed by atoms with Crippen molar-refractivity contribution in [1.29, 1.82) is 0 Å². The molecule has 0 bridgehead atoms. The summed E-state index contributed by atoms with van der Waals surface area (Å²) in [5, 5.41) is 13.6. The fraction of sp³-hybridized carbons (Fsp3) is 1.00. The van der Waals surface area contributed by atoms with E-state index in [2.05, 4.69) is 12.2 Å². The highest BCUT2D eigenvalue weighted by Crippen LogP contribution is 2.29. The number of aliphatic hydroxyl groups excluding tert-OH is 1. The summed E-state index contributed by atoms with van der Waals surface area (Å²) in [7, 11) is 0. The summed E-state index contributed by atoms with van der Waals surface area (Å²) in [6, 6.07) is 0.593. The van der Waals surface area contributed by atoms with Crippen LogP contribution in [0.15, 0.2) is 0 Å². The summed E-state index contributed by atoms with van der Waals surface area (Å²) in [5.74, 6) is 1.65. The maximum absolute atomic E-state index is 10.0. The van der Waals surface area contributed by atoms with E-state index in [0.717, 1.165) is 24.8 Å². The Hall–Kier alpha value is -0.0800. The molecule has 2 aliphatic carbocycles. The molecule has 0 amide bonds. The SMILES string of the molecule is CC(NCC(O)CC1CCCC1)C1CCCC1. The minimum atomic E-state index is -0.123. The molecule has 0 heterocycles. The quantitative estimate of drug-likeness (QED) is 0.746. The molecule has 0 aromatic carbocycles. The molecule has 2 saturated carbocycles. The van der Waals surface area contributed by atoms with Crippen LogP contribution in [-0.4, -0.2) is 23.8 Å². The third-order valence-corrected chi connectivity index (χ3v) is 4.86. The normalized spacial score (nSPS) is 26.5. The van der Waals surface area contributed by atoms with E-state index in [1.54, 1.807) is 0 Å². The molecular formula is C15H29NO. The minimum Gasteiger partial charge on any atom is -0.392 e. The Morgan fingerprint density at radius 1 is 1.06 bits per heavy atom. The maximum Gasteiger partial charge on any atom is 0.0667 e. The standard InChI is InChI=1S/C15H29NO/c1-12(14-8-4-5-9-14)16-11-15(17)10-13-6-2-3-7-13/h12-17H,2-11H2,1H3. The number of hydrogen-bond donors (Lipinski definition) is 2. The number of nitrogens with one attached hydrogen (secondary N) is 1. The Morgan fingerprint density at radius 2 is 1.65 bits per heavy atom. The summed E-state index contributed by atoms with van der Waals surface area (Å²) < 4.78 is 0. The van der Waals surface area contributed by atoms with Crippen molar-refractivity contribution in [1.82, 2.24) is 5.32 Å². The molecule has 2 nitrogen and oxygen atoms in total. The van der Waals surface area contributed by atoms with Crippen LogP contribution in [0.2, 0.25) is 0 Å². The molecule has 2 N–H and O–H groups in total. The van der Waals surface area contributed by atoms with Gasteiger partial charge in [-0.25, -0.2) is 0 Å². The first-order valence-electron chi connectivity index (χ1n) is 7.67. The second-order valence-electron chi connectivity index (χ2n) is 6.28. The highest BCUT2D eigenvalue weighted by atomic mass is 16.3. The van der Waals surface area contributed by atoms with Crippen LogP contribution in [-0.2, 0) is 0 Å². The molecule has 0 radical (unpaired) electrons. The first-order valence-corrected chi connectivity index (χ1v) is 7.67. The zero-order valence-corrected chi connectivity index (χ0v) is 11.3. The highest BCUT2D eigenvalue weighted by Gasteiger charge is 2.23. The zero-order chi connectivity index (χ0) is 12.1. The van der Waals surface area contributed by atoms with Gasteiger partial charge < -0.3 is 10.4 Å². The van der Waals surface area contributed by atoms with Crippen molar-refractivity contribution in [2.75, 3.05) is 6.54 Å². The predicted molar refractivity (Wildman–Crippen MR) is 72.0 cm³/mol. The molecule has 0 saturated heterocycles. The van der Waals surface area contributed by atoms with Gasteiger partial charge in [0, 0.05) is 12.6 Å². The van der Waals surface area contributed by atoms with Crippen LogP contribution >= 0.6 is 0 Å². The van der Waals surface area contributed by atoms with Gasteiger partial charge in [0.2, 0.25) is 0 Å². The summed E-state index contributed by atoms with van der Waals surface area (Å²) in [5.41, 5.74) is 0. The summed E-state index contributed by atoms with van der Waals surface area (Å²) in [6.45, 7) is 3.09. The fourth-order valence-corrected chi connectivity index (χ4v) is 3.66. The van der Waals surface area contributed by atoms with Gasteiger partial charge in [-0.3, -0.25) is 0 Å². The van der Waals surface area contributed by atoms with Crippen LogP contribution in [0, 0.1) is 11.8 Å². The van der Waals surface area contributed by atoms with Crippen LogP contribution in [0.3, 0.4) is 0 Å². The van der Waals surface area contributed by atoms with Crippen LogP contribution in [0.25, 0.3) is 0 Å². The summed E-state index contributed by atoms with van der Waals surface area (Å²) >= 11 is 0. The molecule has 2 aliphatic rings. The Labute approximate surface area is 106 Å². The van der Waals surface area contributed by atoms with Gasteiger partial charge in [-0.1, -0.05) is 38.5 Å². The molecule has 2 fully saturated rings. The zero-order valence-electron chi connectivity index (χ0n) is 11.3.